The van der Waals surface area contributed by atoms with E-state index < -0.39 is 0 Å². The fourth-order valence-corrected chi connectivity index (χ4v) is 3.46. The molecule has 1 aromatic carbocycles. The van der Waals surface area contributed by atoms with Crippen LogP contribution in [-0.2, 0) is 16.1 Å². The third-order valence-electron chi connectivity index (χ3n) is 3.94. The van der Waals surface area contributed by atoms with Gasteiger partial charge in [-0.2, -0.15) is 0 Å². The highest BCUT2D eigenvalue weighted by Gasteiger charge is 2.21. The normalized spacial score (nSPS) is 12.0. The van der Waals surface area contributed by atoms with Crippen LogP contribution in [0.3, 0.4) is 0 Å². The molecule has 0 aliphatic heterocycles. The van der Waals surface area contributed by atoms with Gasteiger partial charge in [-0.15, -0.1) is 10.2 Å². The van der Waals surface area contributed by atoms with Crippen molar-refractivity contribution in [1.82, 2.24) is 19.7 Å². The summed E-state index contributed by atoms with van der Waals surface area (Å²) in [6.45, 7) is 2.92. The van der Waals surface area contributed by atoms with Crippen molar-refractivity contribution in [3.8, 4) is 11.4 Å². The molecule has 9 heteroatoms. The molecule has 2 aromatic heterocycles. The minimum Gasteiger partial charge on any atom is -0.383 e. The van der Waals surface area contributed by atoms with Crippen molar-refractivity contribution in [1.29, 1.82) is 0 Å². The Labute approximate surface area is 172 Å². The summed E-state index contributed by atoms with van der Waals surface area (Å²) >= 11 is 7.23. The molecule has 0 aliphatic rings. The van der Waals surface area contributed by atoms with Crippen molar-refractivity contribution < 1.29 is 9.53 Å². The highest BCUT2D eigenvalue weighted by Crippen LogP contribution is 2.27. The quantitative estimate of drug-likeness (QED) is 0.562. The van der Waals surface area contributed by atoms with E-state index in [0.717, 1.165) is 5.56 Å². The number of benzene rings is 1. The zero-order valence-corrected chi connectivity index (χ0v) is 17.1. The lowest BCUT2D eigenvalue weighted by Gasteiger charge is -2.13. The predicted molar refractivity (Wildman–Crippen MR) is 111 cm³/mol. The van der Waals surface area contributed by atoms with Gasteiger partial charge in [-0.25, -0.2) is 0 Å². The van der Waals surface area contributed by atoms with Gasteiger partial charge in [0.25, 0.3) is 0 Å². The number of nitrogens with zero attached hydrogens (tertiary/aromatic N) is 4. The standard InChI is InChI=1S/C19H20ClN5O2S/c1-13(18(26)22-16-5-3-15(20)4-6-16)28-19-24-23-17(25(19)11-12-27-2)14-7-9-21-10-8-14/h3-10,13H,11-12H2,1-2H3,(H,22,26)/t13-/m0/s1. The first-order valence-electron chi connectivity index (χ1n) is 8.64. The molecule has 0 spiro atoms. The fourth-order valence-electron chi connectivity index (χ4n) is 2.46. The van der Waals surface area contributed by atoms with Crippen LogP contribution in [0.4, 0.5) is 5.69 Å². The van der Waals surface area contributed by atoms with E-state index >= 15 is 0 Å². The average molecular weight is 418 g/mol. The number of hydrogen-bond acceptors (Lipinski definition) is 6. The monoisotopic (exact) mass is 417 g/mol. The Morgan fingerprint density at radius 3 is 2.61 bits per heavy atom. The largest absolute Gasteiger partial charge is 0.383 e. The van der Waals surface area contributed by atoms with E-state index in [2.05, 4.69) is 20.5 Å². The number of anilines is 1. The summed E-state index contributed by atoms with van der Waals surface area (Å²) in [4.78, 5) is 16.6. The second-order valence-electron chi connectivity index (χ2n) is 5.94. The maximum absolute atomic E-state index is 12.5. The number of ether oxygens (including phenoxy) is 1. The number of aromatic nitrogens is 4. The Hall–Kier alpha value is -2.42. The van der Waals surface area contributed by atoms with Crippen LogP contribution >= 0.6 is 23.4 Å². The molecule has 2 heterocycles. The summed E-state index contributed by atoms with van der Waals surface area (Å²) in [5, 5.41) is 12.4. The van der Waals surface area contributed by atoms with Crippen LogP contribution in [-0.4, -0.2) is 44.6 Å². The zero-order valence-electron chi connectivity index (χ0n) is 15.5. The predicted octanol–water partition coefficient (Wildman–Crippen LogP) is 3.76. The summed E-state index contributed by atoms with van der Waals surface area (Å²) < 4.78 is 7.17. The van der Waals surface area contributed by atoms with Crippen molar-refractivity contribution in [3.05, 3.63) is 53.8 Å². The Morgan fingerprint density at radius 1 is 1.21 bits per heavy atom. The average Bonchev–Trinajstić information content (AvgIpc) is 3.11. The molecule has 0 fully saturated rings. The minimum atomic E-state index is -0.369. The van der Waals surface area contributed by atoms with E-state index in [0.29, 0.717) is 34.8 Å². The van der Waals surface area contributed by atoms with Crippen LogP contribution in [0.2, 0.25) is 5.02 Å². The van der Waals surface area contributed by atoms with Gasteiger partial charge in [0.15, 0.2) is 11.0 Å². The molecule has 1 atom stereocenters. The molecule has 0 saturated heterocycles. The number of amides is 1. The number of carbonyl (C=O) groups excluding carboxylic acids is 1. The van der Waals surface area contributed by atoms with E-state index in [1.807, 2.05) is 23.6 Å². The highest BCUT2D eigenvalue weighted by atomic mass is 35.5. The van der Waals surface area contributed by atoms with Gasteiger partial charge in [0.1, 0.15) is 0 Å². The number of methoxy groups -OCH3 is 1. The molecule has 3 rings (SSSR count). The minimum absolute atomic E-state index is 0.126. The number of nitrogens with one attached hydrogen (secondary N) is 1. The van der Waals surface area contributed by atoms with Crippen LogP contribution < -0.4 is 5.32 Å². The van der Waals surface area contributed by atoms with Gasteiger partial charge in [-0.3, -0.25) is 14.3 Å². The molecule has 0 unspecified atom stereocenters. The van der Waals surface area contributed by atoms with Crippen molar-refractivity contribution >= 4 is 35.0 Å². The topological polar surface area (TPSA) is 81.9 Å². The maximum Gasteiger partial charge on any atom is 0.237 e. The van der Waals surface area contributed by atoms with E-state index in [1.165, 1.54) is 11.8 Å². The van der Waals surface area contributed by atoms with Crippen LogP contribution in [0, 0.1) is 0 Å². The van der Waals surface area contributed by atoms with Crippen LogP contribution in [0.25, 0.3) is 11.4 Å². The van der Waals surface area contributed by atoms with E-state index in [9.17, 15) is 4.79 Å². The zero-order chi connectivity index (χ0) is 19.9. The first kappa shape index (κ1) is 20.3. The van der Waals surface area contributed by atoms with Crippen LogP contribution in [0.15, 0.2) is 53.9 Å². The van der Waals surface area contributed by atoms with Crippen LogP contribution in [0.5, 0.6) is 0 Å². The van der Waals surface area contributed by atoms with Crippen molar-refractivity contribution in [3.63, 3.8) is 0 Å². The molecule has 7 nitrogen and oxygen atoms in total. The lowest BCUT2D eigenvalue weighted by molar-refractivity contribution is -0.115. The lowest BCUT2D eigenvalue weighted by atomic mass is 10.2. The summed E-state index contributed by atoms with van der Waals surface area (Å²) in [6.07, 6.45) is 3.42. The smallest absolute Gasteiger partial charge is 0.237 e. The molecule has 0 radical (unpaired) electrons. The van der Waals surface area contributed by atoms with Gasteiger partial charge in [0.2, 0.25) is 5.91 Å². The molecule has 1 amide bonds. The fraction of sp³-hybridized carbons (Fsp3) is 0.263. The second-order valence-corrected chi connectivity index (χ2v) is 7.69. The Kier molecular flexibility index (Phi) is 7.02. The van der Waals surface area contributed by atoms with Gasteiger partial charge in [0, 0.05) is 35.8 Å². The maximum atomic E-state index is 12.5. The SMILES string of the molecule is COCCn1c(S[C@@H](C)C(=O)Nc2ccc(Cl)cc2)nnc1-c1ccncc1. The molecular weight excluding hydrogens is 398 g/mol. The molecule has 0 bridgehead atoms. The van der Waals surface area contributed by atoms with Crippen molar-refractivity contribution in [2.75, 3.05) is 19.0 Å². The summed E-state index contributed by atoms with van der Waals surface area (Å²) in [7, 11) is 1.64. The Balaban J connectivity index is 1.75. The Bertz CT molecular complexity index is 918. The first-order valence-corrected chi connectivity index (χ1v) is 9.90. The summed E-state index contributed by atoms with van der Waals surface area (Å²) in [5.41, 5.74) is 1.60. The number of pyridine rings is 1. The molecule has 28 heavy (non-hydrogen) atoms. The third kappa shape index (κ3) is 5.09. The van der Waals surface area contributed by atoms with Gasteiger partial charge in [-0.1, -0.05) is 23.4 Å². The number of carbonyl (C=O) groups is 1. The molecule has 146 valence electrons. The summed E-state index contributed by atoms with van der Waals surface area (Å²) in [5.74, 6) is 0.589. The number of halogens is 1. The van der Waals surface area contributed by atoms with Gasteiger partial charge in [-0.05, 0) is 43.3 Å². The van der Waals surface area contributed by atoms with Gasteiger partial charge >= 0.3 is 0 Å². The van der Waals surface area contributed by atoms with Gasteiger partial charge < -0.3 is 10.1 Å². The van der Waals surface area contributed by atoms with Crippen molar-refractivity contribution in [2.45, 2.75) is 23.9 Å². The molecule has 0 saturated carbocycles. The first-order chi connectivity index (χ1) is 13.6. The highest BCUT2D eigenvalue weighted by molar-refractivity contribution is 8.00. The van der Waals surface area contributed by atoms with E-state index in [4.69, 9.17) is 16.3 Å². The second kappa shape index (κ2) is 9.68. The molecule has 0 aliphatic carbocycles. The number of hydrogen-bond donors (Lipinski definition) is 1. The summed E-state index contributed by atoms with van der Waals surface area (Å²) in [6, 6.07) is 10.7. The third-order valence-corrected chi connectivity index (χ3v) is 5.27. The van der Waals surface area contributed by atoms with Gasteiger partial charge in [0.05, 0.1) is 18.4 Å². The van der Waals surface area contributed by atoms with E-state index in [1.54, 1.807) is 43.8 Å². The van der Waals surface area contributed by atoms with Crippen molar-refractivity contribution in [2.24, 2.45) is 0 Å². The van der Waals surface area contributed by atoms with Crippen LogP contribution in [0.1, 0.15) is 6.92 Å². The number of rotatable bonds is 8. The molecule has 1 N–H and O–H groups in total. The lowest BCUT2D eigenvalue weighted by Crippen LogP contribution is -2.23. The Morgan fingerprint density at radius 2 is 1.93 bits per heavy atom. The molecular formula is C19H20ClN5O2S. The molecule has 3 aromatic rings. The number of thioether (sulfide) groups is 1. The van der Waals surface area contributed by atoms with E-state index in [-0.39, 0.29) is 11.2 Å².